The highest BCUT2D eigenvalue weighted by Gasteiger charge is 2.25. The van der Waals surface area contributed by atoms with Crippen LogP contribution >= 0.6 is 0 Å². The standard InChI is InChI=1S/C23H30FN3O3S/c1-3-27(4-2)31(29,30)19-12-13-22(26-15-7-8-16-26)21(17-19)25-23(28)14-11-18-9-5-6-10-20(18)24/h5-6,9-10,12-13,17H,3-4,7-8,11,14-16H2,1-2H3,(H,25,28). The molecule has 1 N–H and O–H groups in total. The molecule has 0 radical (unpaired) electrons. The number of hydrogen-bond donors (Lipinski definition) is 1. The lowest BCUT2D eigenvalue weighted by atomic mass is 10.1. The summed E-state index contributed by atoms with van der Waals surface area (Å²) in [5, 5.41) is 2.88. The summed E-state index contributed by atoms with van der Waals surface area (Å²) in [6, 6.07) is 11.3. The molecular weight excluding hydrogens is 417 g/mol. The minimum Gasteiger partial charge on any atom is -0.370 e. The van der Waals surface area contributed by atoms with Crippen molar-refractivity contribution in [2.75, 3.05) is 36.4 Å². The number of aryl methyl sites for hydroxylation is 1. The highest BCUT2D eigenvalue weighted by Crippen LogP contribution is 2.32. The topological polar surface area (TPSA) is 69.7 Å². The van der Waals surface area contributed by atoms with Crippen molar-refractivity contribution in [1.29, 1.82) is 0 Å². The molecule has 6 nitrogen and oxygen atoms in total. The molecule has 1 amide bonds. The van der Waals surface area contributed by atoms with Crippen molar-refractivity contribution in [1.82, 2.24) is 4.31 Å². The number of nitrogens with zero attached hydrogens (tertiary/aromatic N) is 2. The Kier molecular flexibility index (Phi) is 7.67. The van der Waals surface area contributed by atoms with Gasteiger partial charge in [0.05, 0.1) is 16.3 Å². The first-order valence-electron chi connectivity index (χ1n) is 10.8. The Morgan fingerprint density at radius 1 is 1.10 bits per heavy atom. The molecule has 2 aromatic rings. The Balaban J connectivity index is 1.85. The highest BCUT2D eigenvalue weighted by atomic mass is 32.2. The fourth-order valence-corrected chi connectivity index (χ4v) is 5.37. The normalized spacial score (nSPS) is 14.3. The third kappa shape index (κ3) is 5.43. The van der Waals surface area contributed by atoms with Gasteiger partial charge in [0.2, 0.25) is 15.9 Å². The number of anilines is 2. The van der Waals surface area contributed by atoms with E-state index in [4.69, 9.17) is 0 Å². The van der Waals surface area contributed by atoms with Crippen LogP contribution in [0.3, 0.4) is 0 Å². The van der Waals surface area contributed by atoms with Crippen molar-refractivity contribution in [3.63, 3.8) is 0 Å². The number of nitrogens with one attached hydrogen (secondary N) is 1. The van der Waals surface area contributed by atoms with Crippen molar-refractivity contribution in [2.24, 2.45) is 0 Å². The lowest BCUT2D eigenvalue weighted by Crippen LogP contribution is -2.31. The van der Waals surface area contributed by atoms with E-state index in [9.17, 15) is 17.6 Å². The molecule has 1 aliphatic heterocycles. The van der Waals surface area contributed by atoms with Crippen LogP contribution in [-0.4, -0.2) is 44.8 Å². The molecule has 0 saturated carbocycles. The molecule has 0 atom stereocenters. The van der Waals surface area contributed by atoms with E-state index in [1.165, 1.54) is 10.4 Å². The van der Waals surface area contributed by atoms with Gasteiger partial charge in [0.25, 0.3) is 0 Å². The molecule has 168 valence electrons. The SMILES string of the molecule is CCN(CC)S(=O)(=O)c1ccc(N2CCCC2)c(NC(=O)CCc2ccccc2F)c1. The van der Waals surface area contributed by atoms with Gasteiger partial charge in [0.15, 0.2) is 0 Å². The number of benzene rings is 2. The van der Waals surface area contributed by atoms with Gasteiger partial charge in [-0.3, -0.25) is 4.79 Å². The summed E-state index contributed by atoms with van der Waals surface area (Å²) in [6.45, 7) is 6.06. The van der Waals surface area contributed by atoms with Crippen LogP contribution < -0.4 is 10.2 Å². The van der Waals surface area contributed by atoms with Crippen molar-refractivity contribution < 1.29 is 17.6 Å². The van der Waals surface area contributed by atoms with Crippen molar-refractivity contribution in [3.05, 3.63) is 53.8 Å². The minimum absolute atomic E-state index is 0.105. The molecule has 1 aliphatic rings. The largest absolute Gasteiger partial charge is 0.370 e. The van der Waals surface area contributed by atoms with Gasteiger partial charge in [-0.25, -0.2) is 12.8 Å². The van der Waals surface area contributed by atoms with Crippen LogP contribution in [-0.2, 0) is 21.2 Å². The second-order valence-corrected chi connectivity index (χ2v) is 9.54. The zero-order valence-electron chi connectivity index (χ0n) is 18.1. The van der Waals surface area contributed by atoms with Crippen LogP contribution in [0.2, 0.25) is 0 Å². The van der Waals surface area contributed by atoms with Gasteiger partial charge in [0.1, 0.15) is 5.82 Å². The first kappa shape index (κ1) is 23.2. The van der Waals surface area contributed by atoms with Gasteiger partial charge in [-0.1, -0.05) is 32.0 Å². The van der Waals surface area contributed by atoms with E-state index in [2.05, 4.69) is 10.2 Å². The molecule has 0 aromatic heterocycles. The maximum atomic E-state index is 13.9. The van der Waals surface area contributed by atoms with Crippen LogP contribution in [0.1, 0.15) is 38.7 Å². The number of amides is 1. The Morgan fingerprint density at radius 3 is 2.42 bits per heavy atom. The molecule has 3 rings (SSSR count). The van der Waals surface area contributed by atoms with Gasteiger partial charge in [-0.05, 0) is 49.1 Å². The predicted molar refractivity (Wildman–Crippen MR) is 121 cm³/mol. The molecule has 31 heavy (non-hydrogen) atoms. The van der Waals surface area contributed by atoms with Crippen LogP contribution in [0, 0.1) is 5.82 Å². The lowest BCUT2D eigenvalue weighted by molar-refractivity contribution is -0.116. The van der Waals surface area contributed by atoms with Gasteiger partial charge in [0, 0.05) is 32.6 Å². The van der Waals surface area contributed by atoms with Crippen LogP contribution in [0.5, 0.6) is 0 Å². The molecule has 1 saturated heterocycles. The van der Waals surface area contributed by atoms with E-state index < -0.39 is 10.0 Å². The molecule has 0 spiro atoms. The van der Waals surface area contributed by atoms with Crippen molar-refractivity contribution in [3.8, 4) is 0 Å². The summed E-state index contributed by atoms with van der Waals surface area (Å²) >= 11 is 0. The van der Waals surface area contributed by atoms with Crippen LogP contribution in [0.4, 0.5) is 15.8 Å². The maximum absolute atomic E-state index is 13.9. The number of hydrogen-bond acceptors (Lipinski definition) is 4. The number of sulfonamides is 1. The monoisotopic (exact) mass is 447 g/mol. The van der Waals surface area contributed by atoms with Crippen LogP contribution in [0.25, 0.3) is 0 Å². The summed E-state index contributed by atoms with van der Waals surface area (Å²) in [6.07, 6.45) is 2.49. The third-order valence-electron chi connectivity index (χ3n) is 5.61. The zero-order valence-corrected chi connectivity index (χ0v) is 18.9. The van der Waals surface area contributed by atoms with Gasteiger partial charge in [-0.15, -0.1) is 0 Å². The third-order valence-corrected chi connectivity index (χ3v) is 7.66. The second-order valence-electron chi connectivity index (χ2n) is 7.60. The molecule has 8 heteroatoms. The fourth-order valence-electron chi connectivity index (χ4n) is 3.88. The fraction of sp³-hybridized carbons (Fsp3) is 0.435. The molecule has 2 aromatic carbocycles. The predicted octanol–water partition coefficient (Wildman–Crippen LogP) is 4.03. The van der Waals surface area contributed by atoms with Gasteiger partial charge in [-0.2, -0.15) is 4.31 Å². The van der Waals surface area contributed by atoms with E-state index in [1.54, 1.807) is 50.2 Å². The van der Waals surface area contributed by atoms with Crippen molar-refractivity contribution in [2.45, 2.75) is 44.4 Å². The average Bonchev–Trinajstić information content (AvgIpc) is 3.28. The van der Waals surface area contributed by atoms with Crippen LogP contribution in [0.15, 0.2) is 47.4 Å². The summed E-state index contributed by atoms with van der Waals surface area (Å²) in [5.74, 6) is -0.610. The second kappa shape index (κ2) is 10.2. The van der Waals surface area contributed by atoms with E-state index in [1.807, 2.05) is 0 Å². The average molecular weight is 448 g/mol. The number of carbonyl (C=O) groups excluding carboxylic acids is 1. The minimum atomic E-state index is -3.65. The summed E-state index contributed by atoms with van der Waals surface area (Å²) in [7, 11) is -3.65. The molecule has 0 bridgehead atoms. The smallest absolute Gasteiger partial charge is 0.243 e. The molecule has 0 unspecified atom stereocenters. The maximum Gasteiger partial charge on any atom is 0.243 e. The summed E-state index contributed by atoms with van der Waals surface area (Å²) < 4.78 is 41.2. The molecular formula is C23H30FN3O3S. The Bertz CT molecular complexity index is 1020. The number of rotatable bonds is 9. The number of halogens is 1. The molecule has 1 fully saturated rings. The summed E-state index contributed by atoms with van der Waals surface area (Å²) in [4.78, 5) is 15.0. The summed E-state index contributed by atoms with van der Waals surface area (Å²) in [5.41, 5.74) is 1.78. The Labute approximate surface area is 184 Å². The van der Waals surface area contributed by atoms with E-state index in [-0.39, 0.29) is 29.5 Å². The van der Waals surface area contributed by atoms with E-state index in [0.29, 0.717) is 24.3 Å². The highest BCUT2D eigenvalue weighted by molar-refractivity contribution is 7.89. The Hall–Kier alpha value is -2.45. The number of carbonyl (C=O) groups is 1. The van der Waals surface area contributed by atoms with Gasteiger partial charge < -0.3 is 10.2 Å². The molecule has 1 heterocycles. The first-order chi connectivity index (χ1) is 14.9. The lowest BCUT2D eigenvalue weighted by Gasteiger charge is -2.24. The molecule has 0 aliphatic carbocycles. The van der Waals surface area contributed by atoms with E-state index >= 15 is 0 Å². The van der Waals surface area contributed by atoms with E-state index in [0.717, 1.165) is 31.6 Å². The first-order valence-corrected chi connectivity index (χ1v) is 12.2. The Morgan fingerprint density at radius 2 is 1.77 bits per heavy atom. The quantitative estimate of drug-likeness (QED) is 0.630. The van der Waals surface area contributed by atoms with Gasteiger partial charge >= 0.3 is 0 Å². The van der Waals surface area contributed by atoms with Crippen molar-refractivity contribution >= 4 is 27.3 Å². The zero-order chi connectivity index (χ0) is 22.4.